The van der Waals surface area contributed by atoms with Crippen LogP contribution in [0.2, 0.25) is 0 Å². The summed E-state index contributed by atoms with van der Waals surface area (Å²) < 4.78 is 39.0. The van der Waals surface area contributed by atoms with Crippen molar-refractivity contribution in [2.45, 2.75) is 11.0 Å². The first-order valence-electron chi connectivity index (χ1n) is 5.46. The van der Waals surface area contributed by atoms with Gasteiger partial charge in [-0.2, -0.15) is 0 Å². The summed E-state index contributed by atoms with van der Waals surface area (Å²) in [6, 6.07) is 8.19. The summed E-state index contributed by atoms with van der Waals surface area (Å²) >= 11 is 1.34. The molecule has 0 aliphatic heterocycles. The van der Waals surface area contributed by atoms with Gasteiger partial charge in [0.05, 0.1) is 4.90 Å². The fraction of sp³-hybridized carbons (Fsp3) is 0.167. The van der Waals surface area contributed by atoms with E-state index in [9.17, 15) is 17.9 Å². The zero-order valence-corrected chi connectivity index (χ0v) is 11.4. The van der Waals surface area contributed by atoms with Gasteiger partial charge in [0.25, 0.3) is 0 Å². The van der Waals surface area contributed by atoms with E-state index in [0.29, 0.717) is 4.88 Å². The molecule has 0 radical (unpaired) electrons. The number of aliphatic hydroxyl groups excluding tert-OH is 1. The second-order valence-corrected chi connectivity index (χ2v) is 6.59. The van der Waals surface area contributed by atoms with Crippen LogP contribution in [0, 0.1) is 5.82 Å². The van der Waals surface area contributed by atoms with E-state index in [4.69, 9.17) is 0 Å². The van der Waals surface area contributed by atoms with Crippen LogP contribution in [-0.2, 0) is 10.0 Å². The second kappa shape index (κ2) is 5.79. The highest BCUT2D eigenvalue weighted by Gasteiger charge is 2.17. The summed E-state index contributed by atoms with van der Waals surface area (Å²) in [7, 11) is -3.81. The van der Waals surface area contributed by atoms with Crippen molar-refractivity contribution in [1.29, 1.82) is 0 Å². The van der Waals surface area contributed by atoms with Gasteiger partial charge in [0, 0.05) is 11.4 Å². The third kappa shape index (κ3) is 3.60. The van der Waals surface area contributed by atoms with Gasteiger partial charge >= 0.3 is 0 Å². The summed E-state index contributed by atoms with van der Waals surface area (Å²) in [6.45, 7) is -0.153. The summed E-state index contributed by atoms with van der Waals surface area (Å²) in [4.78, 5) is 0.507. The van der Waals surface area contributed by atoms with E-state index >= 15 is 0 Å². The van der Waals surface area contributed by atoms with Crippen LogP contribution < -0.4 is 4.72 Å². The molecule has 102 valence electrons. The molecule has 1 atom stereocenters. The molecule has 0 aliphatic rings. The predicted molar refractivity (Wildman–Crippen MR) is 70.9 cm³/mol. The fourth-order valence-electron chi connectivity index (χ4n) is 1.49. The highest BCUT2D eigenvalue weighted by Crippen LogP contribution is 2.18. The predicted octanol–water partition coefficient (Wildman–Crippen LogP) is 1.90. The van der Waals surface area contributed by atoms with E-state index in [-0.39, 0.29) is 11.4 Å². The second-order valence-electron chi connectivity index (χ2n) is 3.84. The van der Waals surface area contributed by atoms with Crippen LogP contribution >= 0.6 is 11.3 Å². The summed E-state index contributed by atoms with van der Waals surface area (Å²) in [5, 5.41) is 11.6. The molecule has 2 rings (SSSR count). The van der Waals surface area contributed by atoms with Crippen molar-refractivity contribution in [3.63, 3.8) is 0 Å². The van der Waals surface area contributed by atoms with Crippen molar-refractivity contribution < 1.29 is 17.9 Å². The first-order valence-corrected chi connectivity index (χ1v) is 7.82. The van der Waals surface area contributed by atoms with Crippen LogP contribution in [0.1, 0.15) is 11.0 Å². The molecule has 0 bridgehead atoms. The van der Waals surface area contributed by atoms with Crippen LogP contribution in [0.3, 0.4) is 0 Å². The smallest absolute Gasteiger partial charge is 0.240 e. The molecule has 0 aliphatic carbocycles. The van der Waals surface area contributed by atoms with E-state index in [1.807, 2.05) is 0 Å². The number of hydrogen-bond donors (Lipinski definition) is 2. The monoisotopic (exact) mass is 301 g/mol. The maximum Gasteiger partial charge on any atom is 0.240 e. The Morgan fingerprint density at radius 2 is 2.11 bits per heavy atom. The average Bonchev–Trinajstić information content (AvgIpc) is 2.90. The molecule has 19 heavy (non-hydrogen) atoms. The van der Waals surface area contributed by atoms with E-state index in [2.05, 4.69) is 4.72 Å². The summed E-state index contributed by atoms with van der Waals surface area (Å²) in [5.41, 5.74) is 0. The highest BCUT2D eigenvalue weighted by molar-refractivity contribution is 7.89. The van der Waals surface area contributed by atoms with Gasteiger partial charge in [0.1, 0.15) is 11.9 Å². The summed E-state index contributed by atoms with van der Waals surface area (Å²) in [5.74, 6) is -0.623. The lowest BCUT2D eigenvalue weighted by molar-refractivity contribution is 0.186. The van der Waals surface area contributed by atoms with E-state index < -0.39 is 21.9 Å². The van der Waals surface area contributed by atoms with Crippen molar-refractivity contribution in [1.82, 2.24) is 4.72 Å². The van der Waals surface area contributed by atoms with Crippen LogP contribution in [-0.4, -0.2) is 20.1 Å². The molecule has 0 amide bonds. The molecule has 2 aromatic rings. The van der Waals surface area contributed by atoms with Crippen molar-refractivity contribution in [2.75, 3.05) is 6.54 Å². The van der Waals surface area contributed by atoms with Crippen LogP contribution in [0.15, 0.2) is 46.7 Å². The van der Waals surface area contributed by atoms with Crippen LogP contribution in [0.4, 0.5) is 4.39 Å². The third-order valence-electron chi connectivity index (χ3n) is 2.44. The highest BCUT2D eigenvalue weighted by atomic mass is 32.2. The molecule has 1 aromatic heterocycles. The molecule has 0 fully saturated rings. The van der Waals surface area contributed by atoms with Gasteiger partial charge < -0.3 is 5.11 Å². The third-order valence-corrected chi connectivity index (χ3v) is 4.84. The fourth-order valence-corrected chi connectivity index (χ4v) is 3.27. The Balaban J connectivity index is 2.06. The number of sulfonamides is 1. The SMILES string of the molecule is O=S(=O)(NCC(O)c1cccs1)c1cccc(F)c1. The topological polar surface area (TPSA) is 66.4 Å². The molecule has 1 unspecified atom stereocenters. The van der Waals surface area contributed by atoms with Gasteiger partial charge in [0.15, 0.2) is 0 Å². The molecule has 4 nitrogen and oxygen atoms in total. The first-order chi connectivity index (χ1) is 8.99. The molecule has 0 saturated heterocycles. The van der Waals surface area contributed by atoms with E-state index in [1.54, 1.807) is 17.5 Å². The Hall–Kier alpha value is -1.28. The number of benzene rings is 1. The van der Waals surface area contributed by atoms with Gasteiger partial charge in [-0.15, -0.1) is 11.3 Å². The lowest BCUT2D eigenvalue weighted by Gasteiger charge is -2.10. The van der Waals surface area contributed by atoms with Gasteiger partial charge in [-0.05, 0) is 29.6 Å². The Morgan fingerprint density at radius 3 is 2.74 bits per heavy atom. The quantitative estimate of drug-likeness (QED) is 0.886. The van der Waals surface area contributed by atoms with Crippen molar-refractivity contribution >= 4 is 21.4 Å². The van der Waals surface area contributed by atoms with E-state index in [1.165, 1.54) is 29.5 Å². The molecule has 0 saturated carbocycles. The average molecular weight is 301 g/mol. The molecule has 1 aromatic carbocycles. The number of rotatable bonds is 5. The number of thiophene rings is 1. The molecular weight excluding hydrogens is 289 g/mol. The molecule has 0 spiro atoms. The van der Waals surface area contributed by atoms with Crippen molar-refractivity contribution in [3.05, 3.63) is 52.5 Å². The molecule has 2 N–H and O–H groups in total. The van der Waals surface area contributed by atoms with Crippen LogP contribution in [0.5, 0.6) is 0 Å². The number of aliphatic hydroxyl groups is 1. The first kappa shape index (κ1) is 14.1. The van der Waals surface area contributed by atoms with Crippen molar-refractivity contribution in [3.8, 4) is 0 Å². The maximum absolute atomic E-state index is 13.0. The van der Waals surface area contributed by atoms with Crippen molar-refractivity contribution in [2.24, 2.45) is 0 Å². The Morgan fingerprint density at radius 1 is 1.32 bits per heavy atom. The van der Waals surface area contributed by atoms with Gasteiger partial charge in [0.2, 0.25) is 10.0 Å². The van der Waals surface area contributed by atoms with Crippen LogP contribution in [0.25, 0.3) is 0 Å². The normalized spacial score (nSPS) is 13.4. The molecule has 7 heteroatoms. The minimum absolute atomic E-state index is 0.153. The summed E-state index contributed by atoms with van der Waals surface area (Å²) in [6.07, 6.45) is -0.914. The number of halogens is 1. The minimum atomic E-state index is -3.81. The Kier molecular flexibility index (Phi) is 4.31. The Labute approximate surface area is 114 Å². The van der Waals surface area contributed by atoms with E-state index in [0.717, 1.165) is 6.07 Å². The van der Waals surface area contributed by atoms with Gasteiger partial charge in [-0.25, -0.2) is 17.5 Å². The molecule has 1 heterocycles. The lowest BCUT2D eigenvalue weighted by Crippen LogP contribution is -2.28. The van der Waals surface area contributed by atoms with Gasteiger partial charge in [-0.3, -0.25) is 0 Å². The zero-order chi connectivity index (χ0) is 13.9. The maximum atomic E-state index is 13.0. The number of nitrogens with one attached hydrogen (secondary N) is 1. The Bertz CT molecular complexity index is 641. The number of hydrogen-bond acceptors (Lipinski definition) is 4. The standard InChI is InChI=1S/C12H12FNO3S2/c13-9-3-1-4-10(7-9)19(16,17)14-8-11(15)12-5-2-6-18-12/h1-7,11,14-15H,8H2. The zero-order valence-electron chi connectivity index (χ0n) is 9.78. The van der Waals surface area contributed by atoms with Gasteiger partial charge in [-0.1, -0.05) is 12.1 Å². The minimum Gasteiger partial charge on any atom is -0.386 e. The lowest BCUT2D eigenvalue weighted by atomic mass is 10.3. The molecular formula is C12H12FNO3S2. The largest absolute Gasteiger partial charge is 0.386 e.